The number of ether oxygens (including phenoxy) is 3. The quantitative estimate of drug-likeness (QED) is 0.104. The molecule has 0 bridgehead atoms. The zero-order valence-corrected chi connectivity index (χ0v) is 22.1. The van der Waals surface area contributed by atoms with Gasteiger partial charge in [-0.2, -0.15) is 0 Å². The number of hydrogen-bond donors (Lipinski definition) is 10. The molecule has 1 aliphatic rings. The van der Waals surface area contributed by atoms with Crippen molar-refractivity contribution < 1.29 is 74.5 Å². The van der Waals surface area contributed by atoms with Crippen molar-refractivity contribution in [1.82, 2.24) is 0 Å². The van der Waals surface area contributed by atoms with Gasteiger partial charge in [0.1, 0.15) is 35.0 Å². The molecular weight excluding hydrogens is 592 g/mol. The summed E-state index contributed by atoms with van der Waals surface area (Å²) in [5.41, 5.74) is -1.55. The number of phenols is 7. The van der Waals surface area contributed by atoms with Crippen LogP contribution in [0.2, 0.25) is 0 Å². The Hall–Kier alpha value is -5.42. The van der Waals surface area contributed by atoms with Gasteiger partial charge in [-0.25, -0.2) is 4.79 Å². The average Bonchev–Trinajstić information content (AvgIpc) is 2.97. The van der Waals surface area contributed by atoms with Gasteiger partial charge in [-0.3, -0.25) is 4.79 Å². The van der Waals surface area contributed by atoms with Gasteiger partial charge in [0, 0.05) is 17.7 Å². The van der Waals surface area contributed by atoms with Gasteiger partial charge in [0.2, 0.25) is 12.0 Å². The van der Waals surface area contributed by atoms with Crippen LogP contribution in [0.3, 0.4) is 0 Å². The van der Waals surface area contributed by atoms with E-state index >= 15 is 0 Å². The van der Waals surface area contributed by atoms with E-state index in [0.29, 0.717) is 0 Å². The molecule has 16 nitrogen and oxygen atoms in total. The van der Waals surface area contributed by atoms with E-state index in [-0.39, 0.29) is 16.9 Å². The van der Waals surface area contributed by atoms with Crippen LogP contribution in [0.25, 0.3) is 22.3 Å². The van der Waals surface area contributed by atoms with E-state index in [1.165, 1.54) is 6.07 Å². The first kappa shape index (κ1) is 30.1. The molecule has 1 aromatic heterocycles. The highest BCUT2D eigenvalue weighted by Crippen LogP contribution is 2.44. The number of benzene rings is 3. The van der Waals surface area contributed by atoms with Crippen molar-refractivity contribution in [3.05, 3.63) is 58.3 Å². The Labute approximate surface area is 244 Å². The number of carbonyl (C=O) groups is 1. The van der Waals surface area contributed by atoms with Gasteiger partial charge < -0.3 is 69.7 Å². The molecule has 5 atom stereocenters. The summed E-state index contributed by atoms with van der Waals surface area (Å²) in [7, 11) is 0. The molecule has 4 aromatic rings. The SMILES string of the molecule is O=C(OC1C(Oc2c(O)cc3oc(-c4ccc(O)c(O)c4)cc(=O)c3c2O)OC(CO)C(O)C1O)c1cc(O)c(O)c(O)c1. The molecule has 0 aliphatic carbocycles. The lowest BCUT2D eigenvalue weighted by molar-refractivity contribution is -0.277. The minimum Gasteiger partial charge on any atom is -0.504 e. The van der Waals surface area contributed by atoms with E-state index in [0.717, 1.165) is 36.4 Å². The molecule has 0 radical (unpaired) electrons. The average molecular weight is 616 g/mol. The van der Waals surface area contributed by atoms with Gasteiger partial charge >= 0.3 is 5.97 Å². The molecule has 1 aliphatic heterocycles. The number of esters is 1. The first-order chi connectivity index (χ1) is 20.8. The van der Waals surface area contributed by atoms with Crippen LogP contribution >= 0.6 is 0 Å². The van der Waals surface area contributed by atoms with Crippen LogP contribution in [0.15, 0.2) is 51.7 Å². The molecule has 44 heavy (non-hydrogen) atoms. The Morgan fingerprint density at radius 3 is 2.11 bits per heavy atom. The molecule has 1 saturated heterocycles. The van der Waals surface area contributed by atoms with Crippen molar-refractivity contribution in [2.75, 3.05) is 6.61 Å². The van der Waals surface area contributed by atoms with Crippen LogP contribution in [0.4, 0.5) is 0 Å². The lowest BCUT2D eigenvalue weighted by Gasteiger charge is -2.41. The maximum absolute atomic E-state index is 13.0. The lowest BCUT2D eigenvalue weighted by Crippen LogP contribution is -2.61. The maximum atomic E-state index is 13.0. The third kappa shape index (κ3) is 5.29. The topological polar surface area (TPSA) is 277 Å². The second-order valence-electron chi connectivity index (χ2n) is 9.68. The van der Waals surface area contributed by atoms with E-state index < -0.39 is 106 Å². The monoisotopic (exact) mass is 616 g/mol. The first-order valence-corrected chi connectivity index (χ1v) is 12.6. The number of aliphatic hydroxyl groups excluding tert-OH is 3. The number of fused-ring (bicyclic) bond motifs is 1. The van der Waals surface area contributed by atoms with Crippen LogP contribution in [-0.4, -0.2) is 94.3 Å². The largest absolute Gasteiger partial charge is 0.504 e. The molecule has 2 heterocycles. The summed E-state index contributed by atoms with van der Waals surface area (Å²) in [6, 6.07) is 6.87. The Balaban J connectivity index is 1.51. The minimum atomic E-state index is -2.01. The first-order valence-electron chi connectivity index (χ1n) is 12.6. The Kier molecular flexibility index (Phi) is 7.75. The van der Waals surface area contributed by atoms with E-state index in [1.54, 1.807) is 0 Å². The Morgan fingerprint density at radius 2 is 1.48 bits per heavy atom. The Morgan fingerprint density at radius 1 is 0.795 bits per heavy atom. The van der Waals surface area contributed by atoms with Crippen molar-refractivity contribution >= 4 is 16.9 Å². The molecule has 5 rings (SSSR count). The highest BCUT2D eigenvalue weighted by atomic mass is 16.7. The van der Waals surface area contributed by atoms with Crippen LogP contribution in [-0.2, 0) is 9.47 Å². The van der Waals surface area contributed by atoms with Crippen LogP contribution in [0, 0.1) is 0 Å². The standard InChI is InChI=1S/C28H24O16/c29-8-19-22(37)24(39)26(43-27(40)10-4-14(33)21(36)15(34)5-10)28(42-19)44-25-16(35)7-18-20(23(25)38)13(32)6-17(41-18)9-1-2-11(30)12(31)3-9/h1-7,19,22,24,26,28-31,33-39H,8H2. The summed E-state index contributed by atoms with van der Waals surface area (Å²) in [6.45, 7) is -0.868. The smallest absolute Gasteiger partial charge is 0.339 e. The zero-order chi connectivity index (χ0) is 32.0. The second kappa shape index (κ2) is 11.3. The summed E-state index contributed by atoms with van der Waals surface area (Å²) >= 11 is 0. The number of hydrogen-bond acceptors (Lipinski definition) is 16. The maximum Gasteiger partial charge on any atom is 0.339 e. The summed E-state index contributed by atoms with van der Waals surface area (Å²) in [5, 5.41) is 100. The van der Waals surface area contributed by atoms with Gasteiger partial charge in [-0.05, 0) is 30.3 Å². The molecule has 232 valence electrons. The number of aromatic hydroxyl groups is 7. The van der Waals surface area contributed by atoms with Gasteiger partial charge in [-0.1, -0.05) is 0 Å². The fraction of sp³-hybridized carbons (Fsp3) is 0.214. The molecule has 1 fully saturated rings. The van der Waals surface area contributed by atoms with E-state index in [9.17, 15) is 60.7 Å². The van der Waals surface area contributed by atoms with Crippen molar-refractivity contribution in [2.45, 2.75) is 30.7 Å². The second-order valence-corrected chi connectivity index (χ2v) is 9.68. The molecule has 0 amide bonds. The third-order valence-electron chi connectivity index (χ3n) is 6.79. The van der Waals surface area contributed by atoms with Crippen molar-refractivity contribution in [2.24, 2.45) is 0 Å². The van der Waals surface area contributed by atoms with Gasteiger partial charge in [0.05, 0.1) is 12.2 Å². The van der Waals surface area contributed by atoms with Crippen molar-refractivity contribution in [3.8, 4) is 57.3 Å². The lowest BCUT2D eigenvalue weighted by atomic mass is 9.99. The molecule has 16 heteroatoms. The van der Waals surface area contributed by atoms with Crippen LogP contribution in [0.5, 0.6) is 46.0 Å². The van der Waals surface area contributed by atoms with E-state index in [2.05, 4.69) is 0 Å². The molecule has 10 N–H and O–H groups in total. The predicted molar refractivity (Wildman–Crippen MR) is 144 cm³/mol. The fourth-order valence-corrected chi connectivity index (χ4v) is 4.51. The fourth-order valence-electron chi connectivity index (χ4n) is 4.51. The van der Waals surface area contributed by atoms with E-state index in [1.807, 2.05) is 0 Å². The number of rotatable bonds is 6. The van der Waals surface area contributed by atoms with Gasteiger partial charge in [0.15, 0.2) is 51.8 Å². The molecule has 0 spiro atoms. The van der Waals surface area contributed by atoms with Crippen molar-refractivity contribution in [1.29, 1.82) is 0 Å². The van der Waals surface area contributed by atoms with Gasteiger partial charge in [0.25, 0.3) is 0 Å². The van der Waals surface area contributed by atoms with Crippen LogP contribution in [0.1, 0.15) is 10.4 Å². The number of aliphatic hydroxyl groups is 3. The van der Waals surface area contributed by atoms with E-state index in [4.69, 9.17) is 18.6 Å². The number of phenolic OH excluding ortho intramolecular Hbond substituents is 7. The minimum absolute atomic E-state index is 0.109. The molecule has 5 unspecified atom stereocenters. The van der Waals surface area contributed by atoms with Crippen LogP contribution < -0.4 is 10.2 Å². The molecular formula is C28H24O16. The predicted octanol–water partition coefficient (Wildman–Crippen LogP) is 0.443. The highest BCUT2D eigenvalue weighted by molar-refractivity contribution is 5.91. The summed E-state index contributed by atoms with van der Waals surface area (Å²) in [6.07, 6.45) is -9.29. The summed E-state index contributed by atoms with van der Waals surface area (Å²) in [5.74, 6) is -7.70. The number of carbonyl (C=O) groups excluding carboxylic acids is 1. The van der Waals surface area contributed by atoms with Gasteiger partial charge in [-0.15, -0.1) is 0 Å². The summed E-state index contributed by atoms with van der Waals surface area (Å²) in [4.78, 5) is 25.8. The molecule has 0 saturated carbocycles. The van der Waals surface area contributed by atoms with Crippen molar-refractivity contribution in [3.63, 3.8) is 0 Å². The normalized spacial score (nSPS) is 21.7. The molecule has 3 aromatic carbocycles. The highest BCUT2D eigenvalue weighted by Gasteiger charge is 2.48. The zero-order valence-electron chi connectivity index (χ0n) is 22.1. The summed E-state index contributed by atoms with van der Waals surface area (Å²) < 4.78 is 21.8. The third-order valence-corrected chi connectivity index (χ3v) is 6.79. The Bertz CT molecular complexity index is 1790.